The molecular weight excluding hydrogens is 330 g/mol. The lowest BCUT2D eigenvalue weighted by Gasteiger charge is -2.19. The molecule has 2 atom stereocenters. The van der Waals surface area contributed by atoms with Gasteiger partial charge >= 0.3 is 5.97 Å². The van der Waals surface area contributed by atoms with Crippen molar-refractivity contribution >= 4 is 29.5 Å². The Kier molecular flexibility index (Phi) is 4.98. The molecule has 0 aromatic heterocycles. The maximum absolute atomic E-state index is 12.8. The fraction of sp³-hybridized carbons (Fsp3) is 0.190. The molecule has 0 radical (unpaired) electrons. The highest BCUT2D eigenvalue weighted by molar-refractivity contribution is 6.21. The summed E-state index contributed by atoms with van der Waals surface area (Å²) in [6.45, 7) is 1.97. The second-order valence-electron chi connectivity index (χ2n) is 6.34. The quantitative estimate of drug-likeness (QED) is 0.662. The number of hydrogen-bond acceptors (Lipinski definition) is 3. The first-order valence-electron chi connectivity index (χ1n) is 8.40. The van der Waals surface area contributed by atoms with Crippen LogP contribution in [-0.2, 0) is 14.4 Å². The first-order chi connectivity index (χ1) is 12.5. The fourth-order valence-electron chi connectivity index (χ4n) is 3.21. The average Bonchev–Trinajstić information content (AvgIpc) is 2.95. The second kappa shape index (κ2) is 7.35. The van der Waals surface area contributed by atoms with Crippen LogP contribution in [0.3, 0.4) is 0 Å². The molecule has 26 heavy (non-hydrogen) atoms. The first-order valence-corrected chi connectivity index (χ1v) is 8.40. The van der Waals surface area contributed by atoms with E-state index in [-0.39, 0.29) is 30.1 Å². The minimum atomic E-state index is -1.03. The van der Waals surface area contributed by atoms with E-state index >= 15 is 0 Å². The maximum atomic E-state index is 12.8. The van der Waals surface area contributed by atoms with Gasteiger partial charge < -0.3 is 5.11 Å². The van der Waals surface area contributed by atoms with Crippen LogP contribution in [0.2, 0.25) is 0 Å². The molecule has 0 bridgehead atoms. The number of benzene rings is 2. The summed E-state index contributed by atoms with van der Waals surface area (Å²) in [5.74, 6) is -1.86. The van der Waals surface area contributed by atoms with Crippen LogP contribution in [0.25, 0.3) is 6.08 Å². The largest absolute Gasteiger partial charge is 0.478 e. The summed E-state index contributed by atoms with van der Waals surface area (Å²) in [5.41, 5.74) is 2.23. The van der Waals surface area contributed by atoms with Gasteiger partial charge in [-0.15, -0.1) is 0 Å². The number of imide groups is 1. The molecule has 2 aromatic carbocycles. The number of aliphatic carboxylic acids is 1. The molecule has 2 unspecified atom stereocenters. The molecule has 1 aliphatic heterocycles. The van der Waals surface area contributed by atoms with E-state index in [4.69, 9.17) is 5.11 Å². The van der Waals surface area contributed by atoms with Crippen LogP contribution in [0, 0.1) is 5.92 Å². The highest BCUT2D eigenvalue weighted by Gasteiger charge is 2.42. The molecular formula is C21H19NO4. The summed E-state index contributed by atoms with van der Waals surface area (Å²) in [6.07, 6.45) is 2.69. The lowest BCUT2D eigenvalue weighted by molar-refractivity contribution is -0.131. The van der Waals surface area contributed by atoms with Crippen molar-refractivity contribution in [1.29, 1.82) is 0 Å². The van der Waals surface area contributed by atoms with Crippen molar-refractivity contribution in [3.8, 4) is 0 Å². The van der Waals surface area contributed by atoms with Gasteiger partial charge in [0.1, 0.15) is 0 Å². The zero-order chi connectivity index (χ0) is 18.7. The Balaban J connectivity index is 1.80. The van der Waals surface area contributed by atoms with Gasteiger partial charge in [0.05, 0.1) is 11.6 Å². The summed E-state index contributed by atoms with van der Waals surface area (Å²) in [5, 5.41) is 8.66. The predicted octanol–water partition coefficient (Wildman–Crippen LogP) is 3.47. The van der Waals surface area contributed by atoms with Crippen molar-refractivity contribution in [3.63, 3.8) is 0 Å². The average molecular weight is 349 g/mol. The van der Waals surface area contributed by atoms with Crippen molar-refractivity contribution < 1.29 is 19.5 Å². The third kappa shape index (κ3) is 3.57. The van der Waals surface area contributed by atoms with Gasteiger partial charge in [0.15, 0.2) is 0 Å². The van der Waals surface area contributed by atoms with Crippen LogP contribution in [0.1, 0.15) is 30.4 Å². The van der Waals surface area contributed by atoms with E-state index < -0.39 is 5.97 Å². The third-order valence-corrected chi connectivity index (χ3v) is 4.68. The van der Waals surface area contributed by atoms with Crippen LogP contribution in [0.5, 0.6) is 0 Å². The van der Waals surface area contributed by atoms with Gasteiger partial charge in [-0.3, -0.25) is 14.5 Å². The number of carbonyl (C=O) groups excluding carboxylic acids is 2. The molecule has 1 aliphatic rings. The summed E-state index contributed by atoms with van der Waals surface area (Å²) < 4.78 is 0. The molecule has 5 nitrogen and oxygen atoms in total. The highest BCUT2D eigenvalue weighted by Crippen LogP contribution is 2.35. The topological polar surface area (TPSA) is 74.7 Å². The monoisotopic (exact) mass is 349 g/mol. The molecule has 0 spiro atoms. The van der Waals surface area contributed by atoms with E-state index in [0.717, 1.165) is 11.6 Å². The van der Waals surface area contributed by atoms with Crippen LogP contribution in [-0.4, -0.2) is 22.9 Å². The molecule has 2 amide bonds. The van der Waals surface area contributed by atoms with Crippen molar-refractivity contribution in [2.45, 2.75) is 19.3 Å². The number of amides is 2. The van der Waals surface area contributed by atoms with Gasteiger partial charge in [-0.05, 0) is 35.3 Å². The van der Waals surface area contributed by atoms with E-state index in [0.29, 0.717) is 11.3 Å². The number of nitrogens with zero attached hydrogens (tertiary/aromatic N) is 1. The Bertz CT molecular complexity index is 855. The first kappa shape index (κ1) is 17.6. The third-order valence-electron chi connectivity index (χ3n) is 4.68. The summed E-state index contributed by atoms with van der Waals surface area (Å²) >= 11 is 0. The summed E-state index contributed by atoms with van der Waals surface area (Å²) in [7, 11) is 0. The molecule has 0 saturated carbocycles. The van der Waals surface area contributed by atoms with Crippen molar-refractivity contribution in [1.82, 2.24) is 0 Å². The molecule has 1 N–H and O–H groups in total. The molecule has 1 saturated heterocycles. The maximum Gasteiger partial charge on any atom is 0.328 e. The molecule has 132 valence electrons. The minimum absolute atomic E-state index is 0.0459. The zero-order valence-corrected chi connectivity index (χ0v) is 14.3. The number of carboxylic acids is 1. The van der Waals surface area contributed by atoms with Gasteiger partial charge in [0.25, 0.3) is 0 Å². The van der Waals surface area contributed by atoms with E-state index in [1.807, 2.05) is 37.3 Å². The van der Waals surface area contributed by atoms with Crippen molar-refractivity contribution in [2.24, 2.45) is 5.92 Å². The molecule has 3 rings (SSSR count). The van der Waals surface area contributed by atoms with Crippen molar-refractivity contribution in [2.75, 3.05) is 4.90 Å². The molecule has 2 aromatic rings. The van der Waals surface area contributed by atoms with E-state index in [1.54, 1.807) is 24.3 Å². The van der Waals surface area contributed by atoms with E-state index in [2.05, 4.69) is 0 Å². The van der Waals surface area contributed by atoms with Crippen molar-refractivity contribution in [3.05, 3.63) is 71.8 Å². The Morgan fingerprint density at radius 1 is 1.12 bits per heavy atom. The zero-order valence-electron chi connectivity index (χ0n) is 14.3. The van der Waals surface area contributed by atoms with Gasteiger partial charge in [0.2, 0.25) is 11.8 Å². The smallest absolute Gasteiger partial charge is 0.328 e. The summed E-state index contributed by atoms with van der Waals surface area (Å²) in [6, 6.07) is 16.4. The summed E-state index contributed by atoms with van der Waals surface area (Å²) in [4.78, 5) is 37.1. The lowest BCUT2D eigenvalue weighted by Crippen LogP contribution is -2.31. The van der Waals surface area contributed by atoms with Crippen LogP contribution in [0.4, 0.5) is 5.69 Å². The Morgan fingerprint density at radius 3 is 2.38 bits per heavy atom. The minimum Gasteiger partial charge on any atom is -0.478 e. The number of anilines is 1. The van der Waals surface area contributed by atoms with Crippen LogP contribution in [0.15, 0.2) is 60.7 Å². The number of carbonyl (C=O) groups is 3. The lowest BCUT2D eigenvalue weighted by atomic mass is 9.86. The van der Waals surface area contributed by atoms with Crippen LogP contribution >= 0.6 is 0 Å². The number of hydrogen-bond donors (Lipinski definition) is 1. The van der Waals surface area contributed by atoms with Gasteiger partial charge in [-0.25, -0.2) is 4.79 Å². The number of rotatable bonds is 5. The Hall–Kier alpha value is -3.21. The molecule has 0 aliphatic carbocycles. The fourth-order valence-corrected chi connectivity index (χ4v) is 3.21. The van der Waals surface area contributed by atoms with E-state index in [1.165, 1.54) is 11.0 Å². The van der Waals surface area contributed by atoms with Gasteiger partial charge in [-0.2, -0.15) is 0 Å². The van der Waals surface area contributed by atoms with Crippen LogP contribution < -0.4 is 4.90 Å². The highest BCUT2D eigenvalue weighted by atomic mass is 16.4. The number of carboxylic acid groups (broad SMARTS) is 1. The SMILES string of the molecule is CC(c1ccccc1)C1CC(=O)N(c2ccc(/C=C/C(=O)O)cc2)C1=O. The second-order valence-corrected chi connectivity index (χ2v) is 6.34. The van der Waals surface area contributed by atoms with Gasteiger partial charge in [0, 0.05) is 12.5 Å². The molecule has 1 heterocycles. The predicted molar refractivity (Wildman–Crippen MR) is 98.6 cm³/mol. The molecule has 5 heteroatoms. The van der Waals surface area contributed by atoms with E-state index in [9.17, 15) is 14.4 Å². The Labute approximate surface area is 151 Å². The molecule has 1 fully saturated rings. The van der Waals surface area contributed by atoms with Gasteiger partial charge in [-0.1, -0.05) is 49.4 Å². The normalized spacial score (nSPS) is 18.5. The standard InChI is InChI=1S/C21H19NO4/c1-14(16-5-3-2-4-6-16)18-13-19(23)22(21(18)26)17-10-7-15(8-11-17)9-12-20(24)25/h2-12,14,18H,13H2,1H3,(H,24,25)/b12-9+. The Morgan fingerprint density at radius 2 is 1.77 bits per heavy atom.